The molecule has 0 bridgehead atoms. The molecule has 2 aromatic rings. The van der Waals surface area contributed by atoms with Crippen molar-refractivity contribution in [3.63, 3.8) is 0 Å². The first-order chi connectivity index (χ1) is 12.0. The number of aromatic nitrogens is 2. The Morgan fingerprint density at radius 3 is 2.84 bits per heavy atom. The van der Waals surface area contributed by atoms with Crippen molar-refractivity contribution in [2.75, 3.05) is 25.5 Å². The van der Waals surface area contributed by atoms with Crippen molar-refractivity contribution in [3.05, 3.63) is 41.7 Å². The van der Waals surface area contributed by atoms with E-state index in [0.717, 1.165) is 5.69 Å². The van der Waals surface area contributed by atoms with Gasteiger partial charge in [0.2, 0.25) is 5.91 Å². The largest absolute Gasteiger partial charge is 0.497 e. The Kier molecular flexibility index (Phi) is 4.74. The molecule has 1 fully saturated rings. The van der Waals surface area contributed by atoms with Crippen LogP contribution < -0.4 is 10.1 Å². The van der Waals surface area contributed by atoms with Crippen LogP contribution in [0, 0.1) is 12.8 Å². The Morgan fingerprint density at radius 1 is 1.36 bits per heavy atom. The van der Waals surface area contributed by atoms with Crippen LogP contribution in [0.1, 0.15) is 22.5 Å². The molecular formula is C18H22N4O3. The molecule has 0 saturated carbocycles. The number of carbonyl (C=O) groups excluding carboxylic acids is 2. The summed E-state index contributed by atoms with van der Waals surface area (Å²) in [4.78, 5) is 26.8. The van der Waals surface area contributed by atoms with Gasteiger partial charge >= 0.3 is 0 Å². The van der Waals surface area contributed by atoms with Crippen LogP contribution >= 0.6 is 0 Å². The summed E-state index contributed by atoms with van der Waals surface area (Å²) in [5, 5.41) is 7.13. The van der Waals surface area contributed by atoms with E-state index in [2.05, 4.69) is 10.4 Å². The van der Waals surface area contributed by atoms with Crippen molar-refractivity contribution < 1.29 is 14.3 Å². The molecule has 25 heavy (non-hydrogen) atoms. The van der Waals surface area contributed by atoms with Gasteiger partial charge in [-0.15, -0.1) is 0 Å². The van der Waals surface area contributed by atoms with Crippen LogP contribution in [0.4, 0.5) is 5.69 Å². The molecule has 1 N–H and O–H groups in total. The molecule has 0 radical (unpaired) electrons. The standard InChI is InChI=1S/C18H22N4O3/c1-12-16(11-21(2)20-12)19-17(23)14-7-8-22(10-14)18(24)13-5-4-6-15(9-13)25-3/h4-6,9,11,14H,7-8,10H2,1-3H3,(H,19,23)/t14-/m0/s1. The maximum atomic E-state index is 12.6. The lowest BCUT2D eigenvalue weighted by Crippen LogP contribution is -2.31. The fourth-order valence-electron chi connectivity index (χ4n) is 3.05. The molecule has 1 aromatic carbocycles. The molecule has 1 aliphatic rings. The zero-order valence-corrected chi connectivity index (χ0v) is 14.7. The monoisotopic (exact) mass is 342 g/mol. The summed E-state index contributed by atoms with van der Waals surface area (Å²) in [6.07, 6.45) is 2.43. The Morgan fingerprint density at radius 2 is 2.16 bits per heavy atom. The molecular weight excluding hydrogens is 320 g/mol. The van der Waals surface area contributed by atoms with Crippen LogP contribution in [-0.2, 0) is 11.8 Å². The minimum absolute atomic E-state index is 0.0722. The number of rotatable bonds is 4. The average molecular weight is 342 g/mol. The van der Waals surface area contributed by atoms with Crippen molar-refractivity contribution >= 4 is 17.5 Å². The first kappa shape index (κ1) is 17.0. The van der Waals surface area contributed by atoms with Gasteiger partial charge in [0.25, 0.3) is 5.91 Å². The van der Waals surface area contributed by atoms with E-state index >= 15 is 0 Å². The maximum absolute atomic E-state index is 12.6. The third kappa shape index (κ3) is 3.65. The number of amides is 2. The van der Waals surface area contributed by atoms with Crippen molar-refractivity contribution in [3.8, 4) is 5.75 Å². The van der Waals surface area contributed by atoms with Crippen molar-refractivity contribution in [1.82, 2.24) is 14.7 Å². The van der Waals surface area contributed by atoms with Crippen LogP contribution in [0.25, 0.3) is 0 Å². The molecule has 0 unspecified atom stereocenters. The number of likely N-dealkylation sites (tertiary alicyclic amines) is 1. The first-order valence-corrected chi connectivity index (χ1v) is 8.22. The SMILES string of the molecule is COc1cccc(C(=O)N2CC[C@H](C(=O)Nc3cn(C)nc3C)C2)c1. The number of benzene rings is 1. The molecule has 1 aromatic heterocycles. The first-order valence-electron chi connectivity index (χ1n) is 8.22. The quantitative estimate of drug-likeness (QED) is 0.920. The van der Waals surface area contributed by atoms with Crippen LogP contribution in [0.5, 0.6) is 5.75 Å². The van der Waals surface area contributed by atoms with Crippen LogP contribution in [0.15, 0.2) is 30.5 Å². The van der Waals surface area contributed by atoms with E-state index in [9.17, 15) is 9.59 Å². The van der Waals surface area contributed by atoms with E-state index in [1.54, 1.807) is 47.2 Å². The van der Waals surface area contributed by atoms with Gasteiger partial charge in [0.05, 0.1) is 24.4 Å². The van der Waals surface area contributed by atoms with Gasteiger partial charge in [-0.25, -0.2) is 0 Å². The molecule has 7 heteroatoms. The predicted molar refractivity (Wildman–Crippen MR) is 93.6 cm³/mol. The van der Waals surface area contributed by atoms with Gasteiger partial charge in [-0.2, -0.15) is 5.10 Å². The van der Waals surface area contributed by atoms with Gasteiger partial charge in [-0.1, -0.05) is 6.07 Å². The number of hydrogen-bond acceptors (Lipinski definition) is 4. The van der Waals surface area contributed by atoms with E-state index < -0.39 is 0 Å². The number of anilines is 1. The number of carbonyl (C=O) groups is 2. The second-order valence-electron chi connectivity index (χ2n) is 6.26. The number of ether oxygens (including phenoxy) is 1. The molecule has 1 saturated heterocycles. The van der Waals surface area contributed by atoms with Gasteiger partial charge in [0.15, 0.2) is 0 Å². The molecule has 2 amide bonds. The predicted octanol–water partition coefficient (Wildman–Crippen LogP) is 1.84. The third-order valence-corrected chi connectivity index (χ3v) is 4.43. The molecule has 7 nitrogen and oxygen atoms in total. The van der Waals surface area contributed by atoms with Gasteiger partial charge in [0, 0.05) is 31.9 Å². The van der Waals surface area contributed by atoms with Crippen molar-refractivity contribution in [1.29, 1.82) is 0 Å². The summed E-state index contributed by atoms with van der Waals surface area (Å²) in [5.41, 5.74) is 2.06. The lowest BCUT2D eigenvalue weighted by Gasteiger charge is -2.17. The van der Waals surface area contributed by atoms with Gasteiger partial charge in [-0.05, 0) is 31.5 Å². The summed E-state index contributed by atoms with van der Waals surface area (Å²) in [5.74, 6) is 0.282. The van der Waals surface area contributed by atoms with E-state index in [-0.39, 0.29) is 17.7 Å². The third-order valence-electron chi connectivity index (χ3n) is 4.43. The highest BCUT2D eigenvalue weighted by molar-refractivity contribution is 5.97. The van der Waals surface area contributed by atoms with E-state index in [0.29, 0.717) is 36.5 Å². The van der Waals surface area contributed by atoms with Gasteiger partial charge < -0.3 is 15.0 Å². The molecule has 0 spiro atoms. The normalized spacial score (nSPS) is 16.8. The second kappa shape index (κ2) is 6.96. The maximum Gasteiger partial charge on any atom is 0.254 e. The van der Waals surface area contributed by atoms with E-state index in [1.165, 1.54) is 0 Å². The molecule has 3 rings (SSSR count). The molecule has 132 valence electrons. The van der Waals surface area contributed by atoms with Crippen LogP contribution in [0.3, 0.4) is 0 Å². The number of nitrogens with zero attached hydrogens (tertiary/aromatic N) is 3. The van der Waals surface area contributed by atoms with E-state index in [1.807, 2.05) is 14.0 Å². The lowest BCUT2D eigenvalue weighted by atomic mass is 10.1. The van der Waals surface area contributed by atoms with Gasteiger partial charge in [0.1, 0.15) is 5.75 Å². The number of methoxy groups -OCH3 is 1. The molecule has 2 heterocycles. The Hall–Kier alpha value is -2.83. The van der Waals surface area contributed by atoms with Crippen molar-refractivity contribution in [2.45, 2.75) is 13.3 Å². The minimum Gasteiger partial charge on any atom is -0.497 e. The molecule has 0 aliphatic carbocycles. The summed E-state index contributed by atoms with van der Waals surface area (Å²) in [6, 6.07) is 7.07. The fourth-order valence-corrected chi connectivity index (χ4v) is 3.05. The fraction of sp³-hybridized carbons (Fsp3) is 0.389. The van der Waals surface area contributed by atoms with Crippen LogP contribution in [-0.4, -0.2) is 46.7 Å². The number of hydrogen-bond donors (Lipinski definition) is 1. The summed E-state index contributed by atoms with van der Waals surface area (Å²) < 4.78 is 6.83. The lowest BCUT2D eigenvalue weighted by molar-refractivity contribution is -0.119. The second-order valence-corrected chi connectivity index (χ2v) is 6.26. The zero-order valence-electron chi connectivity index (χ0n) is 14.7. The summed E-state index contributed by atoms with van der Waals surface area (Å²) in [7, 11) is 3.38. The average Bonchev–Trinajstić information content (AvgIpc) is 3.21. The summed E-state index contributed by atoms with van der Waals surface area (Å²) in [6.45, 7) is 2.84. The van der Waals surface area contributed by atoms with Crippen LogP contribution in [0.2, 0.25) is 0 Å². The topological polar surface area (TPSA) is 76.5 Å². The Bertz CT molecular complexity index is 799. The molecule has 1 aliphatic heterocycles. The zero-order chi connectivity index (χ0) is 18.0. The molecule has 1 atom stereocenters. The highest BCUT2D eigenvalue weighted by atomic mass is 16.5. The minimum atomic E-state index is -0.214. The highest BCUT2D eigenvalue weighted by Gasteiger charge is 2.32. The smallest absolute Gasteiger partial charge is 0.254 e. The number of nitrogens with one attached hydrogen (secondary N) is 1. The Labute approximate surface area is 146 Å². The van der Waals surface area contributed by atoms with E-state index in [4.69, 9.17) is 4.74 Å². The summed E-state index contributed by atoms with van der Waals surface area (Å²) >= 11 is 0. The Balaban J connectivity index is 1.63. The number of aryl methyl sites for hydroxylation is 2. The van der Waals surface area contributed by atoms with Gasteiger partial charge in [-0.3, -0.25) is 14.3 Å². The van der Waals surface area contributed by atoms with Crippen molar-refractivity contribution in [2.24, 2.45) is 13.0 Å². The highest BCUT2D eigenvalue weighted by Crippen LogP contribution is 2.22.